The maximum Gasteiger partial charge on any atom is 0.322 e. The minimum Gasteiger partial charge on any atom is -0.480 e. The molecule has 0 aromatic heterocycles. The Labute approximate surface area is 95.9 Å². The highest BCUT2D eigenvalue weighted by Crippen LogP contribution is 1.94. The van der Waals surface area contributed by atoms with Gasteiger partial charge in [-0.2, -0.15) is 0 Å². The smallest absolute Gasteiger partial charge is 0.322 e. The van der Waals surface area contributed by atoms with Crippen LogP contribution in [-0.4, -0.2) is 75.0 Å². The lowest BCUT2D eigenvalue weighted by Crippen LogP contribution is -2.45. The van der Waals surface area contributed by atoms with Crippen LogP contribution in [0.3, 0.4) is 0 Å². The molecule has 0 bridgehead atoms. The number of nitrogens with one attached hydrogen (secondary N) is 2. The molecule has 1 aliphatic heterocycles. The van der Waals surface area contributed by atoms with Crippen LogP contribution >= 0.6 is 0 Å². The van der Waals surface area contributed by atoms with Crippen molar-refractivity contribution in [2.24, 2.45) is 0 Å². The van der Waals surface area contributed by atoms with Gasteiger partial charge in [-0.3, -0.25) is 9.69 Å². The Morgan fingerprint density at radius 3 is 2.75 bits per heavy atom. The summed E-state index contributed by atoms with van der Waals surface area (Å²) < 4.78 is 5.24. The van der Waals surface area contributed by atoms with Gasteiger partial charge in [0.2, 0.25) is 0 Å². The average molecular weight is 231 g/mol. The minimum absolute atomic E-state index is 0.455. The summed E-state index contributed by atoms with van der Waals surface area (Å²) in [5.41, 5.74) is 0. The Bertz CT molecular complexity index is 207. The minimum atomic E-state index is -0.818. The molecule has 6 nitrogen and oxygen atoms in total. The quantitative estimate of drug-likeness (QED) is 0.467. The van der Waals surface area contributed by atoms with Crippen LogP contribution in [0.1, 0.15) is 0 Å². The topological polar surface area (TPSA) is 73.8 Å². The van der Waals surface area contributed by atoms with Crippen molar-refractivity contribution in [1.29, 1.82) is 0 Å². The molecule has 1 atom stereocenters. The van der Waals surface area contributed by atoms with E-state index in [1.54, 1.807) is 7.05 Å². The molecule has 0 aliphatic carbocycles. The number of carbonyl (C=O) groups is 1. The summed E-state index contributed by atoms with van der Waals surface area (Å²) in [7, 11) is 1.66. The van der Waals surface area contributed by atoms with E-state index in [0.717, 1.165) is 39.4 Å². The summed E-state index contributed by atoms with van der Waals surface area (Å²) in [6.07, 6.45) is 0. The Hall–Kier alpha value is -0.690. The highest BCUT2D eigenvalue weighted by molar-refractivity contribution is 5.73. The summed E-state index contributed by atoms with van der Waals surface area (Å²) in [6.45, 7) is 5.75. The Balaban J connectivity index is 2.03. The van der Waals surface area contributed by atoms with Crippen molar-refractivity contribution in [1.82, 2.24) is 15.5 Å². The standard InChI is InChI=1S/C10H21N3O3/c1-11-9(10(14)15)8-12-2-3-13-4-6-16-7-5-13/h9,11-12H,2-8H2,1H3,(H,14,15). The predicted molar refractivity (Wildman–Crippen MR) is 60.6 cm³/mol. The van der Waals surface area contributed by atoms with Crippen LogP contribution in [0.2, 0.25) is 0 Å². The molecule has 6 heteroatoms. The van der Waals surface area contributed by atoms with Crippen molar-refractivity contribution in [3.63, 3.8) is 0 Å². The van der Waals surface area contributed by atoms with Gasteiger partial charge in [0.1, 0.15) is 6.04 Å². The van der Waals surface area contributed by atoms with Crippen molar-refractivity contribution in [3.8, 4) is 0 Å². The van der Waals surface area contributed by atoms with E-state index in [0.29, 0.717) is 6.54 Å². The number of aliphatic carboxylic acids is 1. The highest BCUT2D eigenvalue weighted by Gasteiger charge is 2.14. The van der Waals surface area contributed by atoms with E-state index in [4.69, 9.17) is 9.84 Å². The number of morpholine rings is 1. The van der Waals surface area contributed by atoms with Gasteiger partial charge in [-0.1, -0.05) is 0 Å². The molecule has 1 rings (SSSR count). The molecule has 3 N–H and O–H groups in total. The largest absolute Gasteiger partial charge is 0.480 e. The zero-order valence-corrected chi connectivity index (χ0v) is 9.74. The van der Waals surface area contributed by atoms with Gasteiger partial charge in [-0.25, -0.2) is 0 Å². The number of hydrogen-bond donors (Lipinski definition) is 3. The molecule has 0 aromatic rings. The molecule has 1 heterocycles. The fraction of sp³-hybridized carbons (Fsp3) is 0.900. The number of rotatable bonds is 7. The summed E-state index contributed by atoms with van der Waals surface area (Å²) >= 11 is 0. The van der Waals surface area contributed by atoms with Gasteiger partial charge < -0.3 is 20.5 Å². The first-order valence-corrected chi connectivity index (χ1v) is 5.65. The molecular formula is C10H21N3O3. The number of hydrogen-bond acceptors (Lipinski definition) is 5. The van der Waals surface area contributed by atoms with E-state index in [-0.39, 0.29) is 0 Å². The first-order valence-electron chi connectivity index (χ1n) is 5.65. The van der Waals surface area contributed by atoms with Crippen LogP contribution < -0.4 is 10.6 Å². The van der Waals surface area contributed by atoms with Crippen LogP contribution in [0, 0.1) is 0 Å². The van der Waals surface area contributed by atoms with Gasteiger partial charge in [-0.15, -0.1) is 0 Å². The summed E-state index contributed by atoms with van der Waals surface area (Å²) in [6, 6.07) is -0.510. The van der Waals surface area contributed by atoms with Gasteiger partial charge in [0.15, 0.2) is 0 Å². The van der Waals surface area contributed by atoms with Crippen LogP contribution in [0.5, 0.6) is 0 Å². The predicted octanol–water partition coefficient (Wildman–Crippen LogP) is -1.42. The highest BCUT2D eigenvalue weighted by atomic mass is 16.5. The summed E-state index contributed by atoms with van der Waals surface area (Å²) in [5, 5.41) is 14.7. The van der Waals surface area contributed by atoms with Crippen LogP contribution in [-0.2, 0) is 9.53 Å². The second kappa shape index (κ2) is 7.56. The fourth-order valence-electron chi connectivity index (χ4n) is 1.62. The molecule has 1 saturated heterocycles. The third-order valence-corrected chi connectivity index (χ3v) is 2.70. The normalized spacial score (nSPS) is 19.6. The van der Waals surface area contributed by atoms with Gasteiger partial charge in [0.05, 0.1) is 13.2 Å². The first kappa shape index (κ1) is 13.4. The van der Waals surface area contributed by atoms with E-state index in [1.807, 2.05) is 0 Å². The van der Waals surface area contributed by atoms with Crippen molar-refractivity contribution in [2.75, 3.05) is 53.0 Å². The van der Waals surface area contributed by atoms with E-state index in [1.165, 1.54) is 0 Å². The second-order valence-electron chi connectivity index (χ2n) is 3.84. The number of nitrogens with zero attached hydrogens (tertiary/aromatic N) is 1. The Kier molecular flexibility index (Phi) is 6.32. The lowest BCUT2D eigenvalue weighted by Gasteiger charge is -2.26. The Morgan fingerprint density at radius 1 is 1.50 bits per heavy atom. The summed E-state index contributed by atoms with van der Waals surface area (Å²) in [4.78, 5) is 13.0. The molecule has 1 aliphatic rings. The SMILES string of the molecule is CNC(CNCCN1CCOCC1)C(=O)O. The third-order valence-electron chi connectivity index (χ3n) is 2.70. The lowest BCUT2D eigenvalue weighted by atomic mass is 10.3. The zero-order valence-electron chi connectivity index (χ0n) is 9.74. The van der Waals surface area contributed by atoms with Gasteiger partial charge in [0.25, 0.3) is 0 Å². The molecule has 16 heavy (non-hydrogen) atoms. The van der Waals surface area contributed by atoms with Gasteiger partial charge in [0, 0.05) is 32.7 Å². The van der Waals surface area contributed by atoms with E-state index < -0.39 is 12.0 Å². The number of likely N-dealkylation sites (N-methyl/N-ethyl adjacent to an activating group) is 1. The molecule has 1 fully saturated rings. The molecule has 0 saturated carbocycles. The van der Waals surface area contributed by atoms with Gasteiger partial charge in [-0.05, 0) is 7.05 Å². The van der Waals surface area contributed by atoms with Gasteiger partial charge >= 0.3 is 5.97 Å². The maximum atomic E-state index is 10.7. The number of ether oxygens (including phenoxy) is 1. The third kappa shape index (κ3) is 4.89. The van der Waals surface area contributed by atoms with Crippen LogP contribution in [0.4, 0.5) is 0 Å². The molecule has 94 valence electrons. The maximum absolute atomic E-state index is 10.7. The monoisotopic (exact) mass is 231 g/mol. The second-order valence-corrected chi connectivity index (χ2v) is 3.84. The average Bonchev–Trinajstić information content (AvgIpc) is 2.30. The lowest BCUT2D eigenvalue weighted by molar-refractivity contribution is -0.139. The number of carboxylic acid groups (broad SMARTS) is 1. The van der Waals surface area contributed by atoms with Crippen LogP contribution in [0.15, 0.2) is 0 Å². The fourth-order valence-corrected chi connectivity index (χ4v) is 1.62. The summed E-state index contributed by atoms with van der Waals surface area (Å²) in [5.74, 6) is -0.818. The molecule has 0 radical (unpaired) electrons. The molecule has 0 amide bonds. The van der Waals surface area contributed by atoms with Crippen molar-refractivity contribution >= 4 is 5.97 Å². The zero-order chi connectivity index (χ0) is 11.8. The molecular weight excluding hydrogens is 210 g/mol. The molecule has 0 aromatic carbocycles. The first-order chi connectivity index (χ1) is 7.74. The van der Waals surface area contributed by atoms with E-state index >= 15 is 0 Å². The van der Waals surface area contributed by atoms with Crippen molar-refractivity contribution in [3.05, 3.63) is 0 Å². The number of carboxylic acids is 1. The van der Waals surface area contributed by atoms with E-state index in [2.05, 4.69) is 15.5 Å². The van der Waals surface area contributed by atoms with E-state index in [9.17, 15) is 4.79 Å². The van der Waals surface area contributed by atoms with Crippen molar-refractivity contribution < 1.29 is 14.6 Å². The Morgan fingerprint density at radius 2 is 2.19 bits per heavy atom. The molecule has 1 unspecified atom stereocenters. The van der Waals surface area contributed by atoms with Crippen molar-refractivity contribution in [2.45, 2.75) is 6.04 Å². The molecule has 0 spiro atoms. The van der Waals surface area contributed by atoms with Crippen LogP contribution in [0.25, 0.3) is 0 Å².